The second-order valence-electron chi connectivity index (χ2n) is 6.75. The van der Waals surface area contributed by atoms with Gasteiger partial charge in [-0.15, -0.1) is 0 Å². The largest absolute Gasteiger partial charge is 0.378 e. The molecule has 134 valence electrons. The fourth-order valence-corrected chi connectivity index (χ4v) is 3.40. The first-order valence-electron chi connectivity index (χ1n) is 9.16. The molecule has 1 aromatic carbocycles. The number of amides is 1. The fraction of sp³-hybridized carbons (Fsp3) is 0.500. The van der Waals surface area contributed by atoms with E-state index in [4.69, 9.17) is 4.74 Å². The summed E-state index contributed by atoms with van der Waals surface area (Å²) < 4.78 is 7.61. The summed E-state index contributed by atoms with van der Waals surface area (Å²) in [5.74, 6) is 0.0773. The van der Waals surface area contributed by atoms with Crippen LogP contribution < -0.4 is 5.32 Å². The SMILES string of the molecule is Cc1c([C@H](C)NC(=O)CC[C@@H]2CCCCO2)cnn1-c1ccccc1. The molecular formula is C20H27N3O2. The average Bonchev–Trinajstić information content (AvgIpc) is 3.03. The van der Waals surface area contributed by atoms with Crippen molar-refractivity contribution < 1.29 is 9.53 Å². The topological polar surface area (TPSA) is 56.1 Å². The van der Waals surface area contributed by atoms with Crippen molar-refractivity contribution in [3.8, 4) is 5.69 Å². The second-order valence-corrected chi connectivity index (χ2v) is 6.75. The van der Waals surface area contributed by atoms with Gasteiger partial charge in [0, 0.05) is 24.3 Å². The van der Waals surface area contributed by atoms with Gasteiger partial charge in [-0.1, -0.05) is 18.2 Å². The predicted octanol–water partition coefficient (Wildman–Crippen LogP) is 3.71. The van der Waals surface area contributed by atoms with Crippen LogP contribution in [0.5, 0.6) is 0 Å². The normalized spacial score (nSPS) is 18.7. The molecule has 1 saturated heterocycles. The molecule has 1 aliphatic heterocycles. The van der Waals surface area contributed by atoms with E-state index in [1.54, 1.807) is 0 Å². The maximum atomic E-state index is 12.3. The quantitative estimate of drug-likeness (QED) is 0.871. The molecule has 1 N–H and O–H groups in total. The number of aromatic nitrogens is 2. The molecule has 25 heavy (non-hydrogen) atoms. The molecule has 1 amide bonds. The van der Waals surface area contributed by atoms with Gasteiger partial charge in [0.2, 0.25) is 5.91 Å². The molecule has 0 unspecified atom stereocenters. The van der Waals surface area contributed by atoms with Crippen molar-refractivity contribution in [3.05, 3.63) is 47.8 Å². The molecule has 5 heteroatoms. The Balaban J connectivity index is 1.57. The Morgan fingerprint density at radius 3 is 2.88 bits per heavy atom. The lowest BCUT2D eigenvalue weighted by Crippen LogP contribution is -2.28. The third-order valence-corrected chi connectivity index (χ3v) is 4.86. The lowest BCUT2D eigenvalue weighted by Gasteiger charge is -2.22. The number of carbonyl (C=O) groups is 1. The van der Waals surface area contributed by atoms with Gasteiger partial charge in [0.1, 0.15) is 0 Å². The summed E-state index contributed by atoms with van der Waals surface area (Å²) in [7, 11) is 0. The Morgan fingerprint density at radius 1 is 1.36 bits per heavy atom. The van der Waals surface area contributed by atoms with Gasteiger partial charge < -0.3 is 10.1 Å². The lowest BCUT2D eigenvalue weighted by molar-refractivity contribution is -0.122. The van der Waals surface area contributed by atoms with E-state index in [1.807, 2.05) is 55.1 Å². The molecule has 0 aliphatic carbocycles. The Bertz CT molecular complexity index is 690. The van der Waals surface area contributed by atoms with Crippen LogP contribution in [0.2, 0.25) is 0 Å². The molecule has 0 bridgehead atoms. The summed E-state index contributed by atoms with van der Waals surface area (Å²) in [5.41, 5.74) is 3.12. The van der Waals surface area contributed by atoms with Gasteiger partial charge in [0.15, 0.2) is 0 Å². The highest BCUT2D eigenvalue weighted by molar-refractivity contribution is 5.76. The Kier molecular flexibility index (Phi) is 5.87. The molecule has 2 heterocycles. The molecule has 2 atom stereocenters. The van der Waals surface area contributed by atoms with Crippen LogP contribution in [-0.2, 0) is 9.53 Å². The highest BCUT2D eigenvalue weighted by atomic mass is 16.5. The van der Waals surface area contributed by atoms with E-state index in [2.05, 4.69) is 10.4 Å². The van der Waals surface area contributed by atoms with Crippen LogP contribution in [0, 0.1) is 6.92 Å². The summed E-state index contributed by atoms with van der Waals surface area (Å²) in [6.07, 6.45) is 6.84. The summed E-state index contributed by atoms with van der Waals surface area (Å²) in [6, 6.07) is 9.97. The molecule has 0 spiro atoms. The zero-order valence-electron chi connectivity index (χ0n) is 15.1. The van der Waals surface area contributed by atoms with Crippen molar-refractivity contribution in [1.82, 2.24) is 15.1 Å². The van der Waals surface area contributed by atoms with E-state index < -0.39 is 0 Å². The van der Waals surface area contributed by atoms with Crippen LogP contribution in [0.25, 0.3) is 5.69 Å². The number of carbonyl (C=O) groups excluding carboxylic acids is 1. The zero-order valence-corrected chi connectivity index (χ0v) is 15.1. The molecule has 0 saturated carbocycles. The Hall–Kier alpha value is -2.14. The molecule has 5 nitrogen and oxygen atoms in total. The van der Waals surface area contributed by atoms with Crippen LogP contribution in [0.15, 0.2) is 36.5 Å². The van der Waals surface area contributed by atoms with Gasteiger partial charge in [-0.05, 0) is 51.7 Å². The van der Waals surface area contributed by atoms with Gasteiger partial charge in [-0.2, -0.15) is 5.10 Å². The first-order valence-corrected chi connectivity index (χ1v) is 9.16. The molecule has 2 aromatic rings. The van der Waals surface area contributed by atoms with Crippen molar-refractivity contribution in [3.63, 3.8) is 0 Å². The summed E-state index contributed by atoms with van der Waals surface area (Å²) in [4.78, 5) is 12.3. The van der Waals surface area contributed by atoms with Gasteiger partial charge >= 0.3 is 0 Å². The number of benzene rings is 1. The van der Waals surface area contributed by atoms with Crippen LogP contribution in [0.3, 0.4) is 0 Å². The van der Waals surface area contributed by atoms with Gasteiger partial charge in [0.05, 0.1) is 24.0 Å². The first-order chi connectivity index (χ1) is 12.1. The van der Waals surface area contributed by atoms with E-state index in [9.17, 15) is 4.79 Å². The third-order valence-electron chi connectivity index (χ3n) is 4.86. The molecule has 0 radical (unpaired) electrons. The van der Waals surface area contributed by atoms with Crippen molar-refractivity contribution in [2.75, 3.05) is 6.61 Å². The van der Waals surface area contributed by atoms with E-state index >= 15 is 0 Å². The highest BCUT2D eigenvalue weighted by Gasteiger charge is 2.18. The molecular weight excluding hydrogens is 314 g/mol. The monoisotopic (exact) mass is 341 g/mol. The minimum absolute atomic E-state index is 0.0581. The number of rotatable bonds is 6. The third kappa shape index (κ3) is 4.48. The van der Waals surface area contributed by atoms with Gasteiger partial charge in [0.25, 0.3) is 0 Å². The Morgan fingerprint density at radius 2 is 2.16 bits per heavy atom. The standard InChI is InChI=1S/C20H27N3O2/c1-15(22-20(24)12-11-18-10-6-7-13-25-18)19-14-21-23(16(19)2)17-8-4-3-5-9-17/h3-5,8-9,14-15,18H,6-7,10-13H2,1-2H3,(H,22,24)/t15-,18-/m0/s1. The lowest BCUT2D eigenvalue weighted by atomic mass is 10.0. The van der Waals surface area contributed by atoms with E-state index in [0.717, 1.165) is 42.8 Å². The van der Waals surface area contributed by atoms with Crippen molar-refractivity contribution in [1.29, 1.82) is 0 Å². The number of ether oxygens (including phenoxy) is 1. The Labute approximate surface area is 149 Å². The second kappa shape index (κ2) is 8.30. The van der Waals surface area contributed by atoms with Crippen LogP contribution in [0.1, 0.15) is 56.3 Å². The smallest absolute Gasteiger partial charge is 0.220 e. The minimum Gasteiger partial charge on any atom is -0.378 e. The fourth-order valence-electron chi connectivity index (χ4n) is 3.40. The highest BCUT2D eigenvalue weighted by Crippen LogP contribution is 2.21. The molecule has 1 fully saturated rings. The first kappa shape index (κ1) is 17.7. The number of nitrogens with zero attached hydrogens (tertiary/aromatic N) is 2. The predicted molar refractivity (Wildman–Crippen MR) is 97.7 cm³/mol. The molecule has 1 aliphatic rings. The van der Waals surface area contributed by atoms with E-state index in [1.165, 1.54) is 6.42 Å². The zero-order chi connectivity index (χ0) is 17.6. The number of nitrogens with one attached hydrogen (secondary N) is 1. The summed E-state index contributed by atoms with van der Waals surface area (Å²) in [5, 5.41) is 7.57. The van der Waals surface area contributed by atoms with Crippen LogP contribution in [-0.4, -0.2) is 28.4 Å². The number of hydrogen-bond donors (Lipinski definition) is 1. The average molecular weight is 341 g/mol. The van der Waals surface area contributed by atoms with Gasteiger partial charge in [-0.3, -0.25) is 4.79 Å². The van der Waals surface area contributed by atoms with E-state index in [0.29, 0.717) is 6.42 Å². The number of para-hydroxylation sites is 1. The maximum absolute atomic E-state index is 12.3. The van der Waals surface area contributed by atoms with Crippen LogP contribution in [0.4, 0.5) is 0 Å². The van der Waals surface area contributed by atoms with E-state index in [-0.39, 0.29) is 18.1 Å². The summed E-state index contributed by atoms with van der Waals surface area (Å²) in [6.45, 7) is 4.88. The van der Waals surface area contributed by atoms with Crippen molar-refractivity contribution >= 4 is 5.91 Å². The van der Waals surface area contributed by atoms with Gasteiger partial charge in [-0.25, -0.2) is 4.68 Å². The molecule has 1 aromatic heterocycles. The van der Waals surface area contributed by atoms with Crippen molar-refractivity contribution in [2.24, 2.45) is 0 Å². The number of hydrogen-bond acceptors (Lipinski definition) is 3. The van der Waals surface area contributed by atoms with Crippen LogP contribution >= 0.6 is 0 Å². The minimum atomic E-state index is -0.0581. The maximum Gasteiger partial charge on any atom is 0.220 e. The molecule has 3 rings (SSSR count). The summed E-state index contributed by atoms with van der Waals surface area (Å²) >= 11 is 0. The van der Waals surface area contributed by atoms with Crippen molar-refractivity contribution in [2.45, 2.75) is 58.1 Å².